The van der Waals surface area contributed by atoms with Crippen LogP contribution in [0.1, 0.15) is 11.5 Å². The summed E-state index contributed by atoms with van der Waals surface area (Å²) < 4.78 is 73.8. The second kappa shape index (κ2) is 2.60. The summed E-state index contributed by atoms with van der Waals surface area (Å²) in [5.74, 6) is -2.24. The van der Waals surface area contributed by atoms with Crippen LogP contribution in [0.15, 0.2) is 4.52 Å². The predicted octanol–water partition coefficient (Wildman–Crippen LogP) is 2.11. The Hall–Kier alpha value is -1.28. The van der Waals surface area contributed by atoms with E-state index >= 15 is 0 Å². The second-order valence-corrected chi connectivity index (χ2v) is 1.95. The minimum atomic E-state index is -5.24. The molecule has 0 unspecified atom stereocenters. The maximum atomic E-state index is 11.7. The molecule has 0 N–H and O–H groups in total. The lowest BCUT2D eigenvalue weighted by Gasteiger charge is -2.05. The number of alkyl halides is 6. The molecule has 9 heteroatoms. The van der Waals surface area contributed by atoms with E-state index in [2.05, 4.69) is 14.9 Å². The molecular weight excluding hydrogens is 206 g/mol. The highest BCUT2D eigenvalue weighted by Gasteiger charge is 2.49. The van der Waals surface area contributed by atoms with Crippen molar-refractivity contribution >= 4 is 0 Å². The van der Waals surface area contributed by atoms with Gasteiger partial charge in [-0.05, 0) is 0 Å². The van der Waals surface area contributed by atoms with Gasteiger partial charge in [0, 0.05) is 5.27 Å². The standard InChI is InChI=1S/C4F6N2O/c5-3(6,7)1-2(4(8,9)10)13-12-11-1. The third-order valence-corrected chi connectivity index (χ3v) is 1.01. The summed E-state index contributed by atoms with van der Waals surface area (Å²) >= 11 is 0. The van der Waals surface area contributed by atoms with Crippen LogP contribution in [0, 0.1) is 0 Å². The average molecular weight is 206 g/mol. The van der Waals surface area contributed by atoms with Crippen molar-refractivity contribution in [1.82, 2.24) is 10.4 Å². The minimum absolute atomic E-state index is 2.17. The van der Waals surface area contributed by atoms with E-state index in [4.69, 9.17) is 0 Å². The first-order chi connectivity index (χ1) is 5.73. The maximum absolute atomic E-state index is 11.7. The van der Waals surface area contributed by atoms with Gasteiger partial charge in [0.05, 0.1) is 0 Å². The number of rotatable bonds is 0. The number of halogens is 6. The Balaban J connectivity index is 3.19. The molecule has 0 radical (unpaired) electrons. The second-order valence-electron chi connectivity index (χ2n) is 1.95. The number of hydrogen-bond acceptors (Lipinski definition) is 3. The molecular formula is C4F6N2O. The monoisotopic (exact) mass is 206 g/mol. The van der Waals surface area contributed by atoms with E-state index in [-0.39, 0.29) is 0 Å². The van der Waals surface area contributed by atoms with Gasteiger partial charge in [0.25, 0.3) is 5.76 Å². The van der Waals surface area contributed by atoms with Gasteiger partial charge in [0.1, 0.15) is 0 Å². The molecule has 74 valence electrons. The van der Waals surface area contributed by atoms with Crippen molar-refractivity contribution in [2.24, 2.45) is 0 Å². The minimum Gasteiger partial charge on any atom is -0.332 e. The van der Waals surface area contributed by atoms with Crippen LogP contribution in [0.2, 0.25) is 0 Å². The molecule has 0 aliphatic heterocycles. The fourth-order valence-corrected chi connectivity index (χ4v) is 0.562. The van der Waals surface area contributed by atoms with E-state index in [1.165, 1.54) is 0 Å². The summed E-state index contributed by atoms with van der Waals surface area (Å²) in [6.45, 7) is 0. The Bertz CT molecular complexity index is 270. The van der Waals surface area contributed by atoms with Gasteiger partial charge in [-0.15, -0.1) is 5.10 Å². The Morgan fingerprint density at radius 1 is 0.923 bits per heavy atom. The molecule has 0 saturated carbocycles. The molecule has 1 rings (SSSR count). The highest BCUT2D eigenvalue weighted by Crippen LogP contribution is 2.38. The lowest BCUT2D eigenvalue weighted by atomic mass is 10.3. The first-order valence-corrected chi connectivity index (χ1v) is 2.69. The first-order valence-electron chi connectivity index (χ1n) is 2.69. The van der Waals surface area contributed by atoms with Crippen LogP contribution in [0.3, 0.4) is 0 Å². The molecule has 1 heterocycles. The van der Waals surface area contributed by atoms with Crippen LogP contribution in [0.5, 0.6) is 0 Å². The van der Waals surface area contributed by atoms with Crippen molar-refractivity contribution in [2.75, 3.05) is 0 Å². The van der Waals surface area contributed by atoms with E-state index < -0.39 is 23.8 Å². The fourth-order valence-electron chi connectivity index (χ4n) is 0.562. The summed E-state index contributed by atoms with van der Waals surface area (Å²) in [6.07, 6.45) is -10.5. The van der Waals surface area contributed by atoms with Gasteiger partial charge >= 0.3 is 12.4 Å². The molecule has 1 aromatic rings. The topological polar surface area (TPSA) is 38.9 Å². The van der Waals surface area contributed by atoms with Crippen molar-refractivity contribution < 1.29 is 30.9 Å². The highest BCUT2D eigenvalue weighted by atomic mass is 19.4. The molecule has 3 nitrogen and oxygen atoms in total. The van der Waals surface area contributed by atoms with E-state index in [9.17, 15) is 26.3 Å². The van der Waals surface area contributed by atoms with Gasteiger partial charge in [-0.3, -0.25) is 0 Å². The largest absolute Gasteiger partial charge is 0.454 e. The quantitative estimate of drug-likeness (QED) is 0.610. The molecule has 13 heavy (non-hydrogen) atoms. The highest BCUT2D eigenvalue weighted by molar-refractivity contribution is 5.12. The Kier molecular flexibility index (Phi) is 1.96. The van der Waals surface area contributed by atoms with Gasteiger partial charge in [-0.2, -0.15) is 26.3 Å². The Morgan fingerprint density at radius 3 is 1.77 bits per heavy atom. The molecule has 0 aliphatic rings. The zero-order valence-electron chi connectivity index (χ0n) is 5.57. The number of nitrogens with zero attached hydrogens (tertiary/aromatic N) is 2. The summed E-state index contributed by atoms with van der Waals surface area (Å²) in [7, 11) is 0. The van der Waals surface area contributed by atoms with Crippen molar-refractivity contribution in [3.8, 4) is 0 Å². The first kappa shape index (κ1) is 9.81. The zero-order chi connectivity index (χ0) is 10.3. The Labute approximate surface area is 66.3 Å². The molecule has 0 bridgehead atoms. The molecule has 0 fully saturated rings. The van der Waals surface area contributed by atoms with Crippen LogP contribution < -0.4 is 0 Å². The number of aromatic nitrogens is 2. The van der Waals surface area contributed by atoms with E-state index in [0.717, 1.165) is 0 Å². The van der Waals surface area contributed by atoms with Crippen molar-refractivity contribution in [3.63, 3.8) is 0 Å². The summed E-state index contributed by atoms with van der Waals surface area (Å²) in [5, 5.41) is 4.38. The maximum Gasteiger partial charge on any atom is 0.454 e. The van der Waals surface area contributed by atoms with Gasteiger partial charge in [0.2, 0.25) is 5.69 Å². The summed E-state index contributed by atoms with van der Waals surface area (Å²) in [5.41, 5.74) is -2.17. The van der Waals surface area contributed by atoms with Crippen LogP contribution in [-0.4, -0.2) is 10.4 Å². The fraction of sp³-hybridized carbons (Fsp3) is 0.500. The smallest absolute Gasteiger partial charge is 0.332 e. The van der Waals surface area contributed by atoms with Crippen molar-refractivity contribution in [1.29, 1.82) is 0 Å². The lowest BCUT2D eigenvalue weighted by Crippen LogP contribution is -2.15. The zero-order valence-corrected chi connectivity index (χ0v) is 5.57. The molecule has 0 saturated heterocycles. The van der Waals surface area contributed by atoms with Crippen LogP contribution in [0.25, 0.3) is 0 Å². The van der Waals surface area contributed by atoms with E-state index in [1.54, 1.807) is 0 Å². The lowest BCUT2D eigenvalue weighted by molar-refractivity contribution is -0.174. The third kappa shape index (κ3) is 1.90. The SMILES string of the molecule is FC(F)(F)c1nnoc1C(F)(F)F. The molecule has 0 amide bonds. The number of hydrogen-bond donors (Lipinski definition) is 0. The van der Waals surface area contributed by atoms with Crippen LogP contribution >= 0.6 is 0 Å². The molecule has 0 aliphatic carbocycles. The molecule has 0 atom stereocenters. The van der Waals surface area contributed by atoms with Gasteiger partial charge < -0.3 is 4.52 Å². The summed E-state index contributed by atoms with van der Waals surface area (Å²) in [4.78, 5) is 0. The van der Waals surface area contributed by atoms with Crippen molar-refractivity contribution in [2.45, 2.75) is 12.4 Å². The molecule has 1 aromatic heterocycles. The van der Waals surface area contributed by atoms with E-state index in [1.807, 2.05) is 0 Å². The van der Waals surface area contributed by atoms with Crippen LogP contribution in [0.4, 0.5) is 26.3 Å². The van der Waals surface area contributed by atoms with Crippen molar-refractivity contribution in [3.05, 3.63) is 11.5 Å². The normalized spacial score (nSPS) is 13.4. The molecule has 0 spiro atoms. The van der Waals surface area contributed by atoms with Gasteiger partial charge in [-0.1, -0.05) is 0 Å². The average Bonchev–Trinajstić information content (AvgIpc) is 2.27. The summed E-state index contributed by atoms with van der Waals surface area (Å²) in [6, 6.07) is 0. The van der Waals surface area contributed by atoms with Gasteiger partial charge in [0.15, 0.2) is 0 Å². The third-order valence-electron chi connectivity index (χ3n) is 1.01. The molecule has 0 aromatic carbocycles. The van der Waals surface area contributed by atoms with Crippen LogP contribution in [-0.2, 0) is 12.4 Å². The Morgan fingerprint density at radius 2 is 1.46 bits per heavy atom. The van der Waals surface area contributed by atoms with E-state index in [0.29, 0.717) is 0 Å². The predicted molar refractivity (Wildman–Crippen MR) is 24.3 cm³/mol. The van der Waals surface area contributed by atoms with Gasteiger partial charge in [-0.25, -0.2) is 0 Å².